The lowest BCUT2D eigenvalue weighted by Gasteiger charge is -2.24. The second-order valence-electron chi connectivity index (χ2n) is 8.57. The third-order valence-corrected chi connectivity index (χ3v) is 6.60. The summed E-state index contributed by atoms with van der Waals surface area (Å²) in [7, 11) is 3.09. The van der Waals surface area contributed by atoms with Crippen molar-refractivity contribution in [1.29, 1.82) is 0 Å². The average molecular weight is 462 g/mol. The van der Waals surface area contributed by atoms with Gasteiger partial charge < -0.3 is 29.2 Å². The maximum Gasteiger partial charge on any atom is 0.302 e. The maximum absolute atomic E-state index is 11.6. The van der Waals surface area contributed by atoms with Crippen molar-refractivity contribution in [3.8, 4) is 39.9 Å². The van der Waals surface area contributed by atoms with Crippen molar-refractivity contribution in [2.24, 2.45) is 0 Å². The predicted octanol–water partition coefficient (Wildman–Crippen LogP) is 4.66. The number of phenols is 2. The minimum absolute atomic E-state index is 0.0441. The van der Waals surface area contributed by atoms with E-state index in [0.717, 1.165) is 52.0 Å². The molecular formula is C27H26O7. The Morgan fingerprint density at radius 2 is 1.82 bits per heavy atom. The zero-order chi connectivity index (χ0) is 24.0. The van der Waals surface area contributed by atoms with Crippen molar-refractivity contribution < 1.29 is 34.0 Å². The number of fused-ring (bicyclic) bond motifs is 5. The molecule has 3 aromatic carbocycles. The molecule has 0 aromatic heterocycles. The number of carbonyl (C=O) groups is 1. The van der Waals surface area contributed by atoms with Crippen LogP contribution in [-0.2, 0) is 22.4 Å². The first-order valence-electron chi connectivity index (χ1n) is 11.1. The largest absolute Gasteiger partial charge is 0.508 e. The van der Waals surface area contributed by atoms with Crippen molar-refractivity contribution in [2.75, 3.05) is 20.8 Å². The highest BCUT2D eigenvalue weighted by atomic mass is 16.5. The summed E-state index contributed by atoms with van der Waals surface area (Å²) in [5.41, 5.74) is 5.84. The van der Waals surface area contributed by atoms with Crippen LogP contribution in [0.3, 0.4) is 0 Å². The second-order valence-corrected chi connectivity index (χ2v) is 8.57. The highest BCUT2D eigenvalue weighted by Gasteiger charge is 2.40. The summed E-state index contributed by atoms with van der Waals surface area (Å²) in [5.74, 6) is 1.40. The Kier molecular flexibility index (Phi) is 5.48. The number of rotatable bonds is 5. The van der Waals surface area contributed by atoms with Crippen LogP contribution in [0.4, 0.5) is 0 Å². The number of hydrogen-bond acceptors (Lipinski definition) is 7. The number of phenolic OH excluding ortho intramolecular Hbond substituents is 2. The Balaban J connectivity index is 1.62. The molecule has 2 N–H and O–H groups in total. The van der Waals surface area contributed by atoms with Gasteiger partial charge in [0.05, 0.1) is 20.1 Å². The van der Waals surface area contributed by atoms with Crippen molar-refractivity contribution >= 4 is 5.97 Å². The predicted molar refractivity (Wildman–Crippen MR) is 125 cm³/mol. The van der Waals surface area contributed by atoms with Crippen molar-refractivity contribution in [3.05, 3.63) is 64.7 Å². The van der Waals surface area contributed by atoms with Gasteiger partial charge in [-0.2, -0.15) is 0 Å². The van der Waals surface area contributed by atoms with E-state index in [0.29, 0.717) is 11.5 Å². The highest BCUT2D eigenvalue weighted by Crippen LogP contribution is 2.53. The smallest absolute Gasteiger partial charge is 0.302 e. The van der Waals surface area contributed by atoms with Gasteiger partial charge in [-0.15, -0.1) is 0 Å². The summed E-state index contributed by atoms with van der Waals surface area (Å²) >= 11 is 0. The summed E-state index contributed by atoms with van der Waals surface area (Å²) in [5, 5.41) is 20.1. The first-order chi connectivity index (χ1) is 16.4. The van der Waals surface area contributed by atoms with E-state index >= 15 is 0 Å². The van der Waals surface area contributed by atoms with Crippen LogP contribution in [0.25, 0.3) is 11.1 Å². The average Bonchev–Trinajstić information content (AvgIpc) is 3.20. The van der Waals surface area contributed by atoms with Crippen LogP contribution < -0.4 is 14.2 Å². The van der Waals surface area contributed by atoms with Gasteiger partial charge in [0.1, 0.15) is 30.0 Å². The lowest BCUT2D eigenvalue weighted by Crippen LogP contribution is -2.17. The molecule has 7 nitrogen and oxygen atoms in total. The minimum Gasteiger partial charge on any atom is -0.508 e. The molecule has 2 atom stereocenters. The van der Waals surface area contributed by atoms with Crippen LogP contribution in [-0.4, -0.2) is 37.0 Å². The third kappa shape index (κ3) is 3.57. The fourth-order valence-corrected chi connectivity index (χ4v) is 5.07. The number of benzene rings is 3. The third-order valence-electron chi connectivity index (χ3n) is 6.60. The number of hydrogen-bond donors (Lipinski definition) is 2. The van der Waals surface area contributed by atoms with E-state index in [9.17, 15) is 15.0 Å². The molecule has 34 heavy (non-hydrogen) atoms. The molecule has 0 radical (unpaired) electrons. The van der Waals surface area contributed by atoms with Gasteiger partial charge in [-0.3, -0.25) is 4.79 Å². The minimum atomic E-state index is -0.418. The van der Waals surface area contributed by atoms with E-state index in [1.165, 1.54) is 14.0 Å². The fraction of sp³-hybridized carbons (Fsp3) is 0.296. The maximum atomic E-state index is 11.6. The van der Waals surface area contributed by atoms with Gasteiger partial charge in [0.15, 0.2) is 11.5 Å². The quantitative estimate of drug-likeness (QED) is 0.533. The van der Waals surface area contributed by atoms with Crippen LogP contribution >= 0.6 is 0 Å². The first kappa shape index (κ1) is 21.9. The number of methoxy groups -OCH3 is 2. The van der Waals surface area contributed by atoms with E-state index in [1.54, 1.807) is 37.4 Å². The van der Waals surface area contributed by atoms with Gasteiger partial charge in [0, 0.05) is 29.7 Å². The van der Waals surface area contributed by atoms with Gasteiger partial charge >= 0.3 is 5.97 Å². The fourth-order valence-electron chi connectivity index (χ4n) is 5.07. The lowest BCUT2D eigenvalue weighted by molar-refractivity contribution is -0.141. The molecule has 2 aliphatic rings. The van der Waals surface area contributed by atoms with E-state index in [4.69, 9.17) is 18.9 Å². The van der Waals surface area contributed by atoms with Gasteiger partial charge in [0.25, 0.3) is 0 Å². The molecular weight excluding hydrogens is 436 g/mol. The van der Waals surface area contributed by atoms with Crippen LogP contribution in [0.15, 0.2) is 42.5 Å². The summed E-state index contributed by atoms with van der Waals surface area (Å²) < 4.78 is 22.9. The molecule has 1 aliphatic heterocycles. The molecule has 176 valence electrons. The Morgan fingerprint density at radius 1 is 1.03 bits per heavy atom. The standard InChI is InChI=1S/C27H26O7/c1-14(28)33-13-21-20-8-7-18-19(6-4-15-10-17(29)12-24(32-3)25(15)18)27(20)34-26(21)16-5-9-22(30)23(11-16)31-2/h5,7-12,21,26,29-30H,4,6,13H2,1-3H3/t21-,26+/m0/s1. The van der Waals surface area contributed by atoms with Crippen molar-refractivity contribution in [2.45, 2.75) is 31.8 Å². The number of carbonyl (C=O) groups excluding carboxylic acids is 1. The molecule has 1 heterocycles. The van der Waals surface area contributed by atoms with E-state index in [1.807, 2.05) is 6.07 Å². The SMILES string of the molecule is COc1cc([C@H]2Oc3c(ccc4c3CCc3cc(O)cc(OC)c3-4)[C@@H]2COC(C)=O)ccc1O. The second kappa shape index (κ2) is 8.48. The van der Waals surface area contributed by atoms with Crippen molar-refractivity contribution in [3.63, 3.8) is 0 Å². The Bertz CT molecular complexity index is 1260. The topological polar surface area (TPSA) is 94.5 Å². The molecule has 0 saturated carbocycles. The molecule has 0 amide bonds. The molecule has 5 rings (SSSR count). The zero-order valence-corrected chi connectivity index (χ0v) is 19.3. The van der Waals surface area contributed by atoms with Gasteiger partial charge in [-0.05, 0) is 47.7 Å². The molecule has 0 bridgehead atoms. The Labute approximate surface area is 197 Å². The van der Waals surface area contributed by atoms with E-state index in [2.05, 4.69) is 6.07 Å². The first-order valence-corrected chi connectivity index (χ1v) is 11.1. The van der Waals surface area contributed by atoms with Crippen LogP contribution in [0.2, 0.25) is 0 Å². The number of aryl methyl sites for hydroxylation is 1. The van der Waals surface area contributed by atoms with Crippen LogP contribution in [0, 0.1) is 0 Å². The summed E-state index contributed by atoms with van der Waals surface area (Å²) in [4.78, 5) is 11.6. The molecule has 3 aromatic rings. The zero-order valence-electron chi connectivity index (χ0n) is 19.3. The molecule has 0 unspecified atom stereocenters. The summed E-state index contributed by atoms with van der Waals surface area (Å²) in [6, 6.07) is 12.6. The highest BCUT2D eigenvalue weighted by molar-refractivity contribution is 5.82. The number of aromatic hydroxyl groups is 2. The molecule has 0 saturated heterocycles. The molecule has 7 heteroatoms. The monoisotopic (exact) mass is 462 g/mol. The normalized spacial score (nSPS) is 17.7. The Morgan fingerprint density at radius 3 is 2.56 bits per heavy atom. The molecule has 0 fully saturated rings. The number of esters is 1. The lowest BCUT2D eigenvalue weighted by atomic mass is 9.82. The van der Waals surface area contributed by atoms with Crippen LogP contribution in [0.5, 0.6) is 28.7 Å². The molecule has 1 aliphatic carbocycles. The summed E-state index contributed by atoms with van der Waals surface area (Å²) in [6.45, 7) is 1.56. The van der Waals surface area contributed by atoms with Crippen LogP contribution in [0.1, 0.15) is 41.2 Å². The van der Waals surface area contributed by atoms with E-state index in [-0.39, 0.29) is 30.0 Å². The molecule has 0 spiro atoms. The summed E-state index contributed by atoms with van der Waals surface area (Å²) in [6.07, 6.45) is 1.06. The number of ether oxygens (including phenoxy) is 4. The Hall–Kier alpha value is -3.87. The van der Waals surface area contributed by atoms with Gasteiger partial charge in [-0.1, -0.05) is 18.2 Å². The van der Waals surface area contributed by atoms with Gasteiger partial charge in [0.2, 0.25) is 0 Å². The van der Waals surface area contributed by atoms with Crippen molar-refractivity contribution in [1.82, 2.24) is 0 Å². The van der Waals surface area contributed by atoms with E-state index < -0.39 is 6.10 Å². The van der Waals surface area contributed by atoms with Gasteiger partial charge in [-0.25, -0.2) is 0 Å².